The lowest BCUT2D eigenvalue weighted by Gasteiger charge is -2.31. The van der Waals surface area contributed by atoms with E-state index in [2.05, 4.69) is 141 Å². The first-order valence-electron chi connectivity index (χ1n) is 32.3. The average molecular weight is 1210 g/mol. The molecule has 0 radical (unpaired) electrons. The Bertz CT molecular complexity index is 4020. The SMILES string of the molecule is C.Cc1[nH]c([C@@H]2CCCN2)nc1-c1ccc(-c2ccc(-c3cnc(C4CCCC4)[nH]3)cc2)cc1.Cc1[nH]c([C@@H]2CCCN2C(=O)[C@@H](c2ccccc2)N(C)C)nc1-c1ccc(-c2ccc(-c3cnc([C@@H]4CCCN4C(=O)[C@@H](c4ccccc4)N(C)C)[nH]3)cc2)cc1. The van der Waals surface area contributed by atoms with Crippen LogP contribution in [0.1, 0.15) is 154 Å². The summed E-state index contributed by atoms with van der Waals surface area (Å²) in [6.07, 6.45) is 15.1. The summed E-state index contributed by atoms with van der Waals surface area (Å²) in [5.41, 5.74) is 17.2. The van der Waals surface area contributed by atoms with Crippen molar-refractivity contribution in [3.8, 4) is 67.3 Å². The lowest BCUT2D eigenvalue weighted by Crippen LogP contribution is -2.40. The van der Waals surface area contributed by atoms with Gasteiger partial charge in [-0.15, -0.1) is 0 Å². The van der Waals surface area contributed by atoms with Gasteiger partial charge in [0, 0.05) is 41.5 Å². The van der Waals surface area contributed by atoms with E-state index in [-0.39, 0.29) is 43.4 Å². The number of aromatic amines is 4. The molecule has 6 aromatic carbocycles. The van der Waals surface area contributed by atoms with E-state index in [4.69, 9.17) is 15.0 Å². The zero-order chi connectivity index (χ0) is 61.8. The first-order valence-corrected chi connectivity index (χ1v) is 32.3. The van der Waals surface area contributed by atoms with Gasteiger partial charge in [-0.3, -0.25) is 19.4 Å². The summed E-state index contributed by atoms with van der Waals surface area (Å²) in [6.45, 7) is 6.69. The van der Waals surface area contributed by atoms with Crippen LogP contribution in [0, 0.1) is 13.8 Å². The average Bonchev–Trinajstić information content (AvgIpc) is 2.02. The minimum Gasteiger partial charge on any atom is -0.344 e. The molecule has 4 aliphatic rings. The Kier molecular flexibility index (Phi) is 18.9. The van der Waals surface area contributed by atoms with Gasteiger partial charge in [-0.1, -0.05) is 178 Å². The van der Waals surface area contributed by atoms with E-state index in [1.165, 1.54) is 48.8 Å². The molecule has 0 unspecified atom stereocenters. The molecule has 15 nitrogen and oxygen atoms in total. The molecular formula is C76H87N13O2. The van der Waals surface area contributed by atoms with Crippen LogP contribution in [-0.2, 0) is 9.59 Å². The molecule has 1 saturated carbocycles. The van der Waals surface area contributed by atoms with Gasteiger partial charge in [0.1, 0.15) is 35.4 Å². The number of rotatable bonds is 16. The predicted molar refractivity (Wildman–Crippen MR) is 365 cm³/mol. The minimum atomic E-state index is -0.345. The molecule has 5 atom stereocenters. The Labute approximate surface area is 536 Å². The zero-order valence-electron chi connectivity index (χ0n) is 52.7. The highest BCUT2D eigenvalue weighted by molar-refractivity contribution is 5.85. The number of likely N-dealkylation sites (N-methyl/N-ethyl adjacent to an activating group) is 2. The first kappa shape index (κ1) is 62.2. The number of imidazole rings is 4. The van der Waals surface area contributed by atoms with Crippen molar-refractivity contribution in [3.05, 3.63) is 216 Å². The number of amides is 2. The summed E-state index contributed by atoms with van der Waals surface area (Å²) in [4.78, 5) is 69.5. The molecule has 10 aromatic rings. The van der Waals surface area contributed by atoms with E-state index in [9.17, 15) is 9.59 Å². The number of aryl methyl sites for hydroxylation is 2. The van der Waals surface area contributed by atoms with E-state index >= 15 is 0 Å². The fourth-order valence-corrected chi connectivity index (χ4v) is 14.2. The molecule has 91 heavy (non-hydrogen) atoms. The number of benzene rings is 6. The number of nitrogens with zero attached hydrogens (tertiary/aromatic N) is 8. The number of nitrogens with one attached hydrogen (secondary N) is 5. The Hall–Kier alpha value is -9.02. The Morgan fingerprint density at radius 2 is 0.835 bits per heavy atom. The largest absolute Gasteiger partial charge is 0.344 e. The van der Waals surface area contributed by atoms with Crippen molar-refractivity contribution >= 4 is 11.8 Å². The highest BCUT2D eigenvalue weighted by Gasteiger charge is 2.39. The van der Waals surface area contributed by atoms with E-state index < -0.39 is 0 Å². The third-order valence-electron chi connectivity index (χ3n) is 18.9. The van der Waals surface area contributed by atoms with Crippen LogP contribution in [0.4, 0.5) is 0 Å². The van der Waals surface area contributed by atoms with Crippen LogP contribution in [0.3, 0.4) is 0 Å². The van der Waals surface area contributed by atoms with Crippen LogP contribution < -0.4 is 5.32 Å². The van der Waals surface area contributed by atoms with E-state index in [0.717, 1.165) is 148 Å². The third-order valence-corrected chi connectivity index (χ3v) is 18.9. The molecule has 468 valence electrons. The first-order chi connectivity index (χ1) is 43.9. The fourth-order valence-electron chi connectivity index (χ4n) is 14.2. The molecule has 14 rings (SSSR count). The van der Waals surface area contributed by atoms with Crippen molar-refractivity contribution in [2.24, 2.45) is 0 Å². The molecule has 4 fully saturated rings. The monoisotopic (exact) mass is 1210 g/mol. The molecule has 4 aromatic heterocycles. The van der Waals surface area contributed by atoms with Crippen molar-refractivity contribution in [3.63, 3.8) is 0 Å². The number of H-pyrrole nitrogens is 4. The van der Waals surface area contributed by atoms with Crippen LogP contribution in [-0.4, -0.2) is 119 Å². The quantitative estimate of drug-likeness (QED) is 0.0631. The summed E-state index contributed by atoms with van der Waals surface area (Å²) < 4.78 is 0. The number of aromatic nitrogens is 8. The molecular weight excluding hydrogens is 1130 g/mol. The number of carbonyl (C=O) groups excluding carboxylic acids is 2. The van der Waals surface area contributed by atoms with Gasteiger partial charge in [0.15, 0.2) is 0 Å². The maximum atomic E-state index is 14.0. The van der Waals surface area contributed by atoms with Gasteiger partial charge in [0.25, 0.3) is 0 Å². The van der Waals surface area contributed by atoms with Gasteiger partial charge in [0.2, 0.25) is 11.8 Å². The van der Waals surface area contributed by atoms with Crippen molar-refractivity contribution in [1.82, 2.24) is 64.8 Å². The standard InChI is InChI=1S/C47H52N8O2.C28H31N5.CH4/c1-31-41(51-45(49-31)40-19-13-29-55(40)47(57)43(53(4)5)37-16-10-7-11-17-37)35-26-22-33(23-27-35)32-20-24-34(25-21-32)38-30-48-44(50-38)39-18-12-28-54(39)46(56)42(52(2)3)36-14-8-6-9-15-36;1-18-26(33-28(31-18)24-7-4-16-29-24)22-14-10-20(11-15-22)19-8-12-21(13-9-19)25-17-30-27(32-25)23-5-2-3-6-23;/h6-11,14-17,20-27,30,39-40,42-43H,12-13,18-19,28-29H2,1-5H3,(H,48,50)(H,49,51);8-15,17,23-24,29H,2-7,16H2,1H3,(H,30,32)(H,31,33);1H4/t39-,40-,42+,43+;24-;/m00./s1. The molecule has 0 spiro atoms. The van der Waals surface area contributed by atoms with Crippen LogP contribution in [0.2, 0.25) is 0 Å². The minimum absolute atomic E-state index is 0. The molecule has 7 heterocycles. The number of hydrogen-bond donors (Lipinski definition) is 5. The smallest absolute Gasteiger partial charge is 0.245 e. The Morgan fingerprint density at radius 3 is 1.27 bits per heavy atom. The second-order valence-electron chi connectivity index (χ2n) is 25.4. The number of carbonyl (C=O) groups is 2. The van der Waals surface area contributed by atoms with Crippen LogP contribution in [0.5, 0.6) is 0 Å². The molecule has 15 heteroatoms. The summed E-state index contributed by atoms with van der Waals surface area (Å²) in [5, 5.41) is 3.53. The lowest BCUT2D eigenvalue weighted by atomic mass is 10.0. The topological polar surface area (TPSA) is 174 Å². The molecule has 0 bridgehead atoms. The highest BCUT2D eigenvalue weighted by Crippen LogP contribution is 2.40. The molecule has 2 amide bonds. The normalized spacial score (nSPS) is 18.2. The lowest BCUT2D eigenvalue weighted by molar-refractivity contribution is -0.138. The highest BCUT2D eigenvalue weighted by atomic mass is 16.2. The summed E-state index contributed by atoms with van der Waals surface area (Å²) in [7, 11) is 7.85. The van der Waals surface area contributed by atoms with Gasteiger partial charge < -0.3 is 35.1 Å². The maximum absolute atomic E-state index is 14.0. The maximum Gasteiger partial charge on any atom is 0.245 e. The molecule has 3 saturated heterocycles. The summed E-state index contributed by atoms with van der Waals surface area (Å²) >= 11 is 0. The van der Waals surface area contributed by atoms with Crippen LogP contribution in [0.15, 0.2) is 170 Å². The van der Waals surface area contributed by atoms with E-state index in [0.29, 0.717) is 12.0 Å². The molecule has 3 aliphatic heterocycles. The van der Waals surface area contributed by atoms with Crippen molar-refractivity contribution in [1.29, 1.82) is 0 Å². The second-order valence-corrected chi connectivity index (χ2v) is 25.4. The molecule has 1 aliphatic carbocycles. The second kappa shape index (κ2) is 27.6. The Morgan fingerprint density at radius 1 is 0.440 bits per heavy atom. The van der Waals surface area contributed by atoms with E-state index in [1.54, 1.807) is 0 Å². The van der Waals surface area contributed by atoms with Gasteiger partial charge in [-0.05, 0) is 144 Å². The van der Waals surface area contributed by atoms with Crippen molar-refractivity contribution < 1.29 is 9.59 Å². The van der Waals surface area contributed by atoms with Gasteiger partial charge in [-0.2, -0.15) is 0 Å². The van der Waals surface area contributed by atoms with Gasteiger partial charge in [0.05, 0.1) is 53.3 Å². The summed E-state index contributed by atoms with van der Waals surface area (Å²) in [6, 6.07) is 54.1. The Balaban J connectivity index is 0.000000199. The van der Waals surface area contributed by atoms with Gasteiger partial charge in [-0.25, -0.2) is 19.9 Å². The van der Waals surface area contributed by atoms with Gasteiger partial charge >= 0.3 is 0 Å². The fraction of sp³-hybridized carbons (Fsp3) is 0.342. The van der Waals surface area contributed by atoms with Crippen molar-refractivity contribution in [2.45, 2.75) is 122 Å². The zero-order valence-corrected chi connectivity index (χ0v) is 52.7. The predicted octanol–water partition coefficient (Wildman–Crippen LogP) is 15.5. The third kappa shape index (κ3) is 13.3. The number of hydrogen-bond acceptors (Lipinski definition) is 9. The molecule has 5 N–H and O–H groups in total. The number of likely N-dealkylation sites (tertiary alicyclic amines) is 2. The summed E-state index contributed by atoms with van der Waals surface area (Å²) in [5.74, 6) is 4.72. The van der Waals surface area contributed by atoms with Crippen molar-refractivity contribution in [2.75, 3.05) is 47.8 Å². The van der Waals surface area contributed by atoms with E-state index in [1.807, 2.05) is 121 Å². The van der Waals surface area contributed by atoms with Crippen LogP contribution >= 0.6 is 0 Å². The van der Waals surface area contributed by atoms with Crippen LogP contribution in [0.25, 0.3) is 67.3 Å².